The lowest BCUT2D eigenvalue weighted by Crippen LogP contribution is -2.39. The van der Waals surface area contributed by atoms with Gasteiger partial charge >= 0.3 is 5.69 Å². The van der Waals surface area contributed by atoms with Gasteiger partial charge in [0.15, 0.2) is 17.2 Å². The number of thiophene rings is 1. The maximum atomic E-state index is 13.0. The lowest BCUT2D eigenvalue weighted by molar-refractivity contribution is -0.132. The fourth-order valence-corrected chi connectivity index (χ4v) is 4.37. The van der Waals surface area contributed by atoms with Gasteiger partial charge in [-0.25, -0.2) is 14.8 Å². The molecule has 4 rings (SSSR count). The highest BCUT2D eigenvalue weighted by Gasteiger charge is 2.26. The highest BCUT2D eigenvalue weighted by molar-refractivity contribution is 7.13. The molecule has 0 atom stereocenters. The monoisotopic (exact) mass is 414 g/mol. The van der Waals surface area contributed by atoms with Gasteiger partial charge in [0.25, 0.3) is 5.91 Å². The van der Waals surface area contributed by atoms with E-state index in [1.165, 1.54) is 20.5 Å². The Bertz CT molecular complexity index is 1130. The third kappa shape index (κ3) is 3.44. The van der Waals surface area contributed by atoms with E-state index >= 15 is 0 Å². The average molecular weight is 414 g/mol. The number of nitrogens with two attached hydrogens (primary N) is 1. The van der Waals surface area contributed by atoms with Crippen molar-refractivity contribution in [3.8, 4) is 10.7 Å². The predicted molar refractivity (Wildman–Crippen MR) is 110 cm³/mol. The minimum Gasteiger partial charge on any atom is -0.364 e. The third-order valence-electron chi connectivity index (χ3n) is 5.15. The Morgan fingerprint density at radius 3 is 2.55 bits per heavy atom. The van der Waals surface area contributed by atoms with Crippen LogP contribution in [0.15, 0.2) is 22.3 Å². The van der Waals surface area contributed by atoms with Gasteiger partial charge in [-0.15, -0.1) is 11.3 Å². The summed E-state index contributed by atoms with van der Waals surface area (Å²) in [4.78, 5) is 49.5. The molecule has 3 aromatic rings. The van der Waals surface area contributed by atoms with Crippen molar-refractivity contribution in [2.45, 2.75) is 39.3 Å². The van der Waals surface area contributed by atoms with Crippen molar-refractivity contribution in [2.24, 2.45) is 5.73 Å². The number of fused-ring (bicyclic) bond motifs is 1. The van der Waals surface area contributed by atoms with E-state index in [-0.39, 0.29) is 23.7 Å². The van der Waals surface area contributed by atoms with E-state index in [2.05, 4.69) is 9.97 Å². The molecule has 1 saturated heterocycles. The fraction of sp³-hybridized carbons (Fsp3) is 0.421. The summed E-state index contributed by atoms with van der Waals surface area (Å²) in [6.07, 6.45) is 3.01. The van der Waals surface area contributed by atoms with E-state index in [4.69, 9.17) is 5.73 Å². The van der Waals surface area contributed by atoms with Crippen LogP contribution in [0.3, 0.4) is 0 Å². The molecule has 1 fully saturated rings. The Morgan fingerprint density at radius 1 is 1.17 bits per heavy atom. The summed E-state index contributed by atoms with van der Waals surface area (Å²) in [7, 11) is 0. The number of nitrogens with zero attached hydrogens (tertiary/aromatic N) is 5. The van der Waals surface area contributed by atoms with Gasteiger partial charge in [0.1, 0.15) is 12.1 Å². The van der Waals surface area contributed by atoms with Gasteiger partial charge in [0.2, 0.25) is 5.91 Å². The molecule has 1 aliphatic rings. The molecule has 3 aromatic heterocycles. The van der Waals surface area contributed by atoms with E-state index in [1.54, 1.807) is 4.90 Å². The van der Waals surface area contributed by atoms with E-state index in [0.29, 0.717) is 31.1 Å². The van der Waals surface area contributed by atoms with Crippen LogP contribution >= 0.6 is 11.3 Å². The number of aryl methyl sites for hydroxylation is 1. The molecule has 2 amide bonds. The van der Waals surface area contributed by atoms with E-state index in [9.17, 15) is 14.4 Å². The molecular formula is C19H22N6O3S. The average Bonchev–Trinajstić information content (AvgIpc) is 3.35. The van der Waals surface area contributed by atoms with Crippen molar-refractivity contribution in [2.75, 3.05) is 13.1 Å². The standard InChI is InChI=1S/C19H22N6O3S/c1-2-24-18-15(14(16(20)27)21-17(22-18)12-7-6-10-29-12)25(19(24)28)11-13(26)23-8-4-3-5-9-23/h6-7,10H,2-5,8-9,11H2,1H3,(H2,20,27). The zero-order chi connectivity index (χ0) is 20.5. The number of imidazole rings is 1. The van der Waals surface area contributed by atoms with Crippen molar-refractivity contribution in [3.63, 3.8) is 0 Å². The van der Waals surface area contributed by atoms with Gasteiger partial charge in [-0.05, 0) is 37.6 Å². The summed E-state index contributed by atoms with van der Waals surface area (Å²) in [5.41, 5.74) is 5.69. The zero-order valence-corrected chi connectivity index (χ0v) is 16.9. The molecule has 0 aromatic carbocycles. The number of primary amides is 1. The highest BCUT2D eigenvalue weighted by atomic mass is 32.1. The van der Waals surface area contributed by atoms with Crippen LogP contribution in [-0.2, 0) is 17.9 Å². The summed E-state index contributed by atoms with van der Waals surface area (Å²) in [5, 5.41) is 1.88. The number of hydrogen-bond donors (Lipinski definition) is 1. The molecule has 29 heavy (non-hydrogen) atoms. The second-order valence-electron chi connectivity index (χ2n) is 6.96. The van der Waals surface area contributed by atoms with E-state index in [1.807, 2.05) is 24.4 Å². The Morgan fingerprint density at radius 2 is 1.93 bits per heavy atom. The molecule has 0 saturated carbocycles. The second-order valence-corrected chi connectivity index (χ2v) is 7.91. The normalized spacial score (nSPS) is 14.4. The molecule has 1 aliphatic heterocycles. The number of carbonyl (C=O) groups excluding carboxylic acids is 2. The molecule has 152 valence electrons. The lowest BCUT2D eigenvalue weighted by atomic mass is 10.1. The van der Waals surface area contributed by atoms with Crippen LogP contribution in [0.1, 0.15) is 36.7 Å². The molecular weight excluding hydrogens is 392 g/mol. The molecule has 0 unspecified atom stereocenters. The van der Waals surface area contributed by atoms with Crippen molar-refractivity contribution >= 4 is 34.3 Å². The van der Waals surface area contributed by atoms with Crippen LogP contribution in [0.4, 0.5) is 0 Å². The number of rotatable bonds is 5. The highest BCUT2D eigenvalue weighted by Crippen LogP contribution is 2.25. The van der Waals surface area contributed by atoms with Crippen molar-refractivity contribution in [3.05, 3.63) is 33.7 Å². The third-order valence-corrected chi connectivity index (χ3v) is 6.01. The summed E-state index contributed by atoms with van der Waals surface area (Å²) in [5.74, 6) is -0.578. The van der Waals surface area contributed by atoms with Gasteiger partial charge in [-0.2, -0.15) is 0 Å². The van der Waals surface area contributed by atoms with Crippen LogP contribution < -0.4 is 11.4 Å². The first kappa shape index (κ1) is 19.3. The first-order chi connectivity index (χ1) is 14.0. The number of amides is 2. The summed E-state index contributed by atoms with van der Waals surface area (Å²) < 4.78 is 2.73. The van der Waals surface area contributed by atoms with E-state index in [0.717, 1.165) is 24.1 Å². The quantitative estimate of drug-likeness (QED) is 0.678. The molecule has 0 aliphatic carbocycles. The van der Waals surface area contributed by atoms with Gasteiger partial charge in [-0.3, -0.25) is 18.7 Å². The maximum Gasteiger partial charge on any atom is 0.330 e. The predicted octanol–water partition coefficient (Wildman–Crippen LogP) is 1.45. The van der Waals surface area contributed by atoms with Crippen LogP contribution in [-0.4, -0.2) is 48.9 Å². The maximum absolute atomic E-state index is 13.0. The van der Waals surface area contributed by atoms with Crippen molar-refractivity contribution < 1.29 is 9.59 Å². The first-order valence-corrected chi connectivity index (χ1v) is 10.5. The summed E-state index contributed by atoms with van der Waals surface area (Å²) >= 11 is 1.43. The molecule has 10 heteroatoms. The van der Waals surface area contributed by atoms with Crippen LogP contribution in [0.25, 0.3) is 21.9 Å². The van der Waals surface area contributed by atoms with Crippen LogP contribution in [0, 0.1) is 0 Å². The van der Waals surface area contributed by atoms with Crippen molar-refractivity contribution in [1.29, 1.82) is 0 Å². The molecule has 0 radical (unpaired) electrons. The number of carbonyl (C=O) groups is 2. The smallest absolute Gasteiger partial charge is 0.330 e. The largest absolute Gasteiger partial charge is 0.364 e. The molecule has 4 heterocycles. The number of piperidine rings is 1. The molecule has 0 spiro atoms. The fourth-order valence-electron chi connectivity index (χ4n) is 3.71. The second kappa shape index (κ2) is 7.78. The number of hydrogen-bond acceptors (Lipinski definition) is 6. The molecule has 2 N–H and O–H groups in total. The van der Waals surface area contributed by atoms with Gasteiger partial charge in [0.05, 0.1) is 4.88 Å². The Labute approximate surface area is 170 Å². The number of likely N-dealkylation sites (tertiary alicyclic amines) is 1. The van der Waals surface area contributed by atoms with Crippen LogP contribution in [0.5, 0.6) is 0 Å². The minimum absolute atomic E-state index is 0.0471. The van der Waals surface area contributed by atoms with Gasteiger partial charge in [0, 0.05) is 19.6 Å². The Hall–Kier alpha value is -3.01. The van der Waals surface area contributed by atoms with E-state index < -0.39 is 11.6 Å². The lowest BCUT2D eigenvalue weighted by Gasteiger charge is -2.26. The van der Waals surface area contributed by atoms with Crippen molar-refractivity contribution in [1.82, 2.24) is 24.0 Å². The molecule has 0 bridgehead atoms. The first-order valence-electron chi connectivity index (χ1n) is 9.63. The minimum atomic E-state index is -0.761. The SMILES string of the molecule is CCn1c(=O)n(CC(=O)N2CCCCC2)c2c(C(N)=O)nc(-c3cccs3)nc21. The van der Waals surface area contributed by atoms with Gasteiger partial charge < -0.3 is 10.6 Å². The molecule has 9 nitrogen and oxygen atoms in total. The topological polar surface area (TPSA) is 116 Å². The van der Waals surface area contributed by atoms with Gasteiger partial charge in [-0.1, -0.05) is 6.07 Å². The number of aromatic nitrogens is 4. The Kier molecular flexibility index (Phi) is 5.18. The van der Waals surface area contributed by atoms with Crippen LogP contribution in [0.2, 0.25) is 0 Å². The summed E-state index contributed by atoms with van der Waals surface area (Å²) in [6.45, 7) is 3.36. The summed E-state index contributed by atoms with van der Waals surface area (Å²) in [6, 6.07) is 3.69. The Balaban J connectivity index is 1.88. The zero-order valence-electron chi connectivity index (χ0n) is 16.1.